The summed E-state index contributed by atoms with van der Waals surface area (Å²) in [4.78, 5) is 12.8. The zero-order chi connectivity index (χ0) is 19.7. The average Bonchev–Trinajstić information content (AvgIpc) is 3.41. The quantitative estimate of drug-likeness (QED) is 0.646. The number of benzene rings is 1. The number of hydrogen-bond donors (Lipinski definition) is 2. The van der Waals surface area contributed by atoms with Crippen molar-refractivity contribution in [3.8, 4) is 5.69 Å². The predicted molar refractivity (Wildman–Crippen MR) is 108 cm³/mol. The second-order valence-corrected chi connectivity index (χ2v) is 9.53. The van der Waals surface area contributed by atoms with Crippen LogP contribution in [0.15, 0.2) is 52.1 Å². The van der Waals surface area contributed by atoms with Gasteiger partial charge in [0.25, 0.3) is 10.0 Å². The van der Waals surface area contributed by atoms with E-state index in [9.17, 15) is 13.2 Å². The molecule has 1 unspecified atom stereocenters. The zero-order valence-corrected chi connectivity index (χ0v) is 16.9. The summed E-state index contributed by atoms with van der Waals surface area (Å²) in [5.74, 6) is 0.192. The van der Waals surface area contributed by atoms with Crippen molar-refractivity contribution in [3.05, 3.63) is 59.1 Å². The van der Waals surface area contributed by atoms with E-state index in [0.29, 0.717) is 5.82 Å². The number of thiophene rings is 1. The number of amides is 1. The molecule has 1 amide bonds. The molecule has 28 heavy (non-hydrogen) atoms. The number of carbonyl (C=O) groups excluding carboxylic acids is 1. The Balaban J connectivity index is 1.58. The smallest absolute Gasteiger partial charge is 0.250 e. The van der Waals surface area contributed by atoms with Crippen molar-refractivity contribution in [1.82, 2.24) is 14.5 Å². The number of para-hydroxylation sites is 1. The fourth-order valence-corrected chi connectivity index (χ4v) is 5.47. The van der Waals surface area contributed by atoms with E-state index < -0.39 is 22.0 Å². The number of carbonyl (C=O) groups is 1. The highest BCUT2D eigenvalue weighted by Gasteiger charge is 2.27. The van der Waals surface area contributed by atoms with Gasteiger partial charge in [-0.3, -0.25) is 4.79 Å². The molecule has 1 aromatic carbocycles. The van der Waals surface area contributed by atoms with Crippen molar-refractivity contribution in [3.63, 3.8) is 0 Å². The van der Waals surface area contributed by atoms with Gasteiger partial charge in [-0.15, -0.1) is 11.3 Å². The van der Waals surface area contributed by atoms with Gasteiger partial charge >= 0.3 is 0 Å². The van der Waals surface area contributed by atoms with Gasteiger partial charge in [0.2, 0.25) is 5.91 Å². The van der Waals surface area contributed by atoms with E-state index in [0.717, 1.165) is 47.5 Å². The lowest BCUT2D eigenvalue weighted by Crippen LogP contribution is -2.41. The van der Waals surface area contributed by atoms with Crippen LogP contribution in [0.3, 0.4) is 0 Å². The maximum absolute atomic E-state index is 12.8. The molecule has 1 aliphatic carbocycles. The molecular weight excluding hydrogens is 396 g/mol. The fourth-order valence-electron chi connectivity index (χ4n) is 3.26. The summed E-state index contributed by atoms with van der Waals surface area (Å²) in [6.45, 7) is 1.53. The first-order valence-corrected chi connectivity index (χ1v) is 11.3. The molecule has 1 aliphatic rings. The van der Waals surface area contributed by atoms with Crippen LogP contribution in [0, 0.1) is 0 Å². The Kier molecular flexibility index (Phi) is 5.05. The molecule has 0 spiro atoms. The van der Waals surface area contributed by atoms with Crippen molar-refractivity contribution in [2.75, 3.05) is 5.32 Å². The van der Waals surface area contributed by atoms with Crippen molar-refractivity contribution in [2.45, 2.75) is 36.4 Å². The topological polar surface area (TPSA) is 93.1 Å². The van der Waals surface area contributed by atoms with Crippen LogP contribution in [0.4, 0.5) is 5.82 Å². The van der Waals surface area contributed by atoms with Gasteiger partial charge < -0.3 is 5.32 Å². The lowest BCUT2D eigenvalue weighted by Gasteiger charge is -2.16. The standard InChI is InChI=1S/C19H20N4O3S2/c1-13(22-28(25,26)17-11-6-12-27-17)19(24)20-18-15-9-5-10-16(15)21-23(18)14-7-3-2-4-8-14/h2-4,6-8,11-13,22H,5,9-10H2,1H3,(H,20,24). The summed E-state index contributed by atoms with van der Waals surface area (Å²) in [5, 5.41) is 9.23. The number of sulfonamides is 1. The first kappa shape index (κ1) is 18.9. The van der Waals surface area contributed by atoms with Gasteiger partial charge in [0, 0.05) is 5.56 Å². The molecule has 2 N–H and O–H groups in total. The van der Waals surface area contributed by atoms with Crippen LogP contribution >= 0.6 is 11.3 Å². The maximum atomic E-state index is 12.8. The van der Waals surface area contributed by atoms with Gasteiger partial charge in [0.05, 0.1) is 17.4 Å². The number of aryl methyl sites for hydroxylation is 1. The van der Waals surface area contributed by atoms with Crippen LogP contribution in [0.25, 0.3) is 5.69 Å². The number of nitrogens with zero attached hydrogens (tertiary/aromatic N) is 2. The minimum absolute atomic E-state index is 0.183. The molecule has 0 radical (unpaired) electrons. The van der Waals surface area contributed by atoms with E-state index in [2.05, 4.69) is 15.1 Å². The number of hydrogen-bond acceptors (Lipinski definition) is 5. The van der Waals surface area contributed by atoms with E-state index in [4.69, 9.17) is 0 Å². The Hall–Kier alpha value is -2.49. The molecule has 2 aromatic heterocycles. The lowest BCUT2D eigenvalue weighted by molar-refractivity contribution is -0.117. The third kappa shape index (κ3) is 3.60. The summed E-state index contributed by atoms with van der Waals surface area (Å²) in [6.07, 6.45) is 2.71. The molecule has 0 bridgehead atoms. The van der Waals surface area contributed by atoms with Crippen molar-refractivity contribution in [2.24, 2.45) is 0 Å². The van der Waals surface area contributed by atoms with Crippen LogP contribution in [0.2, 0.25) is 0 Å². The highest BCUT2D eigenvalue weighted by atomic mass is 32.2. The Bertz CT molecular complexity index is 1090. The van der Waals surface area contributed by atoms with Crippen LogP contribution in [0.5, 0.6) is 0 Å². The van der Waals surface area contributed by atoms with Gasteiger partial charge in [0.1, 0.15) is 10.0 Å². The third-order valence-electron chi connectivity index (χ3n) is 4.63. The van der Waals surface area contributed by atoms with E-state index in [1.165, 1.54) is 13.0 Å². The first-order valence-electron chi connectivity index (χ1n) is 8.98. The summed E-state index contributed by atoms with van der Waals surface area (Å²) >= 11 is 1.11. The van der Waals surface area contributed by atoms with Gasteiger partial charge in [-0.1, -0.05) is 24.3 Å². The molecule has 0 aliphatic heterocycles. The van der Waals surface area contributed by atoms with Gasteiger partial charge in [-0.05, 0) is 49.8 Å². The Morgan fingerprint density at radius 3 is 2.68 bits per heavy atom. The van der Waals surface area contributed by atoms with Crippen molar-refractivity contribution < 1.29 is 13.2 Å². The highest BCUT2D eigenvalue weighted by Crippen LogP contribution is 2.31. The predicted octanol–water partition coefficient (Wildman–Crippen LogP) is 2.73. The minimum atomic E-state index is -3.73. The third-order valence-corrected chi connectivity index (χ3v) is 7.57. The zero-order valence-electron chi connectivity index (χ0n) is 15.3. The number of anilines is 1. The largest absolute Gasteiger partial charge is 0.309 e. The SMILES string of the molecule is CC(NS(=O)(=O)c1cccs1)C(=O)Nc1c2c(nn1-c1ccccc1)CCC2. The summed E-state index contributed by atoms with van der Waals surface area (Å²) in [6, 6.07) is 11.8. The second kappa shape index (κ2) is 7.50. The number of aromatic nitrogens is 2. The highest BCUT2D eigenvalue weighted by molar-refractivity contribution is 7.91. The van der Waals surface area contributed by atoms with Gasteiger partial charge in [-0.25, -0.2) is 13.1 Å². The van der Waals surface area contributed by atoms with Gasteiger partial charge in [0.15, 0.2) is 0 Å². The lowest BCUT2D eigenvalue weighted by atomic mass is 10.2. The number of nitrogens with one attached hydrogen (secondary N) is 2. The molecular formula is C19H20N4O3S2. The van der Waals surface area contributed by atoms with Crippen molar-refractivity contribution >= 4 is 33.1 Å². The summed E-state index contributed by atoms with van der Waals surface area (Å²) in [5.41, 5.74) is 2.84. The van der Waals surface area contributed by atoms with E-state index >= 15 is 0 Å². The maximum Gasteiger partial charge on any atom is 0.250 e. The van der Waals surface area contributed by atoms with E-state index in [1.54, 1.807) is 16.1 Å². The van der Waals surface area contributed by atoms with Crippen molar-refractivity contribution in [1.29, 1.82) is 0 Å². The van der Waals surface area contributed by atoms with Crippen LogP contribution in [-0.2, 0) is 27.7 Å². The molecule has 0 saturated carbocycles. The Labute approximate surface area is 167 Å². The summed E-state index contributed by atoms with van der Waals surface area (Å²) in [7, 11) is -3.73. The molecule has 1 atom stereocenters. The molecule has 7 nitrogen and oxygen atoms in total. The average molecular weight is 417 g/mol. The Morgan fingerprint density at radius 2 is 1.96 bits per heavy atom. The van der Waals surface area contributed by atoms with Crippen LogP contribution in [-0.4, -0.2) is 30.1 Å². The Morgan fingerprint density at radius 1 is 1.18 bits per heavy atom. The van der Waals surface area contributed by atoms with Crippen LogP contribution in [0.1, 0.15) is 24.6 Å². The minimum Gasteiger partial charge on any atom is -0.309 e. The number of fused-ring (bicyclic) bond motifs is 1. The van der Waals surface area contributed by atoms with Gasteiger partial charge in [-0.2, -0.15) is 9.82 Å². The molecule has 3 aromatic rings. The molecule has 0 fully saturated rings. The molecule has 9 heteroatoms. The molecule has 2 heterocycles. The molecule has 0 saturated heterocycles. The molecule has 146 valence electrons. The fraction of sp³-hybridized carbons (Fsp3) is 0.263. The van der Waals surface area contributed by atoms with E-state index in [-0.39, 0.29) is 4.21 Å². The first-order chi connectivity index (χ1) is 13.5. The van der Waals surface area contributed by atoms with E-state index in [1.807, 2.05) is 30.3 Å². The molecule has 4 rings (SSSR count). The summed E-state index contributed by atoms with van der Waals surface area (Å²) < 4.78 is 29.1. The van der Waals surface area contributed by atoms with Crippen LogP contribution < -0.4 is 10.0 Å². The second-order valence-electron chi connectivity index (χ2n) is 6.64. The monoisotopic (exact) mass is 416 g/mol. The number of rotatable bonds is 6. The normalized spacial score (nSPS) is 14.6.